The number of anilines is 1. The normalized spacial score (nSPS) is 11.2. The number of nitrogens with one attached hydrogen (secondary N) is 2. The van der Waals surface area contributed by atoms with Crippen molar-refractivity contribution < 1.29 is 18.0 Å². The summed E-state index contributed by atoms with van der Waals surface area (Å²) in [6.07, 6.45) is 0.0695. The van der Waals surface area contributed by atoms with Crippen LogP contribution >= 0.6 is 22.7 Å². The lowest BCUT2D eigenvalue weighted by Crippen LogP contribution is -2.24. The molecular formula is C17H16N4O4S3. The van der Waals surface area contributed by atoms with Gasteiger partial charge < -0.3 is 5.32 Å². The Bertz CT molecular complexity index is 1070. The average Bonchev–Trinajstić information content (AvgIpc) is 3.32. The maximum atomic E-state index is 12.1. The summed E-state index contributed by atoms with van der Waals surface area (Å²) >= 11 is 2.68. The molecule has 1 aromatic carbocycles. The second-order valence-electron chi connectivity index (χ2n) is 5.75. The quantitative estimate of drug-likeness (QED) is 0.521. The molecule has 0 bridgehead atoms. The molecule has 0 aliphatic rings. The molecule has 28 heavy (non-hydrogen) atoms. The molecule has 3 aromatic rings. The van der Waals surface area contributed by atoms with Crippen LogP contribution in [-0.4, -0.2) is 25.2 Å². The molecule has 146 valence electrons. The summed E-state index contributed by atoms with van der Waals surface area (Å²) in [5.41, 5.74) is 1.85. The van der Waals surface area contributed by atoms with E-state index in [0.717, 1.165) is 5.56 Å². The van der Waals surface area contributed by atoms with Crippen molar-refractivity contribution in [3.63, 3.8) is 0 Å². The van der Waals surface area contributed by atoms with Crippen LogP contribution in [0.5, 0.6) is 0 Å². The maximum absolute atomic E-state index is 12.1. The van der Waals surface area contributed by atoms with Crippen LogP contribution in [0.4, 0.5) is 5.13 Å². The minimum absolute atomic E-state index is 0.0158. The Morgan fingerprint density at radius 1 is 1.11 bits per heavy atom. The highest BCUT2D eigenvalue weighted by atomic mass is 32.2. The minimum atomic E-state index is -3.74. The predicted molar refractivity (Wildman–Crippen MR) is 108 cm³/mol. The number of hydrogen-bond donors (Lipinski definition) is 3. The topological polar surface area (TPSA) is 131 Å². The number of thiazole rings is 1. The molecule has 0 atom stereocenters. The number of sulfonamides is 1. The van der Waals surface area contributed by atoms with Gasteiger partial charge in [-0.25, -0.2) is 18.5 Å². The fraction of sp³-hybridized carbons (Fsp3) is 0.118. The van der Waals surface area contributed by atoms with Crippen molar-refractivity contribution in [1.82, 2.24) is 10.3 Å². The Kier molecular flexibility index (Phi) is 6.19. The average molecular weight is 437 g/mol. The zero-order valence-corrected chi connectivity index (χ0v) is 16.9. The van der Waals surface area contributed by atoms with Gasteiger partial charge in [0.1, 0.15) is 0 Å². The predicted octanol–water partition coefficient (Wildman–Crippen LogP) is 1.96. The molecule has 0 aliphatic carbocycles. The SMILES string of the molecule is NS(=O)(=O)c1ccc(CNC(=O)Cc2csc(NC(=O)c3ccsc3)n2)cc1. The lowest BCUT2D eigenvalue weighted by Gasteiger charge is -2.05. The van der Waals surface area contributed by atoms with E-state index >= 15 is 0 Å². The second-order valence-corrected chi connectivity index (χ2v) is 8.95. The molecule has 2 heterocycles. The van der Waals surface area contributed by atoms with Gasteiger partial charge in [-0.15, -0.1) is 11.3 Å². The number of amides is 2. The van der Waals surface area contributed by atoms with E-state index in [-0.39, 0.29) is 29.7 Å². The van der Waals surface area contributed by atoms with Gasteiger partial charge in [0.15, 0.2) is 5.13 Å². The third-order valence-electron chi connectivity index (χ3n) is 3.64. The van der Waals surface area contributed by atoms with E-state index in [9.17, 15) is 18.0 Å². The first kappa shape index (κ1) is 20.1. The van der Waals surface area contributed by atoms with Crippen molar-refractivity contribution >= 4 is 49.6 Å². The van der Waals surface area contributed by atoms with Gasteiger partial charge >= 0.3 is 0 Å². The van der Waals surface area contributed by atoms with E-state index in [4.69, 9.17) is 5.14 Å². The summed E-state index contributed by atoms with van der Waals surface area (Å²) in [6, 6.07) is 7.67. The van der Waals surface area contributed by atoms with Gasteiger partial charge in [0.05, 0.1) is 22.6 Å². The largest absolute Gasteiger partial charge is 0.352 e. The number of nitrogens with zero attached hydrogens (tertiary/aromatic N) is 1. The van der Waals surface area contributed by atoms with Crippen molar-refractivity contribution in [3.05, 3.63) is 63.3 Å². The molecule has 11 heteroatoms. The first-order valence-corrected chi connectivity index (χ1v) is 11.3. The Hall–Kier alpha value is -2.60. The Morgan fingerprint density at radius 3 is 2.50 bits per heavy atom. The Balaban J connectivity index is 1.50. The second kappa shape index (κ2) is 8.61. The summed E-state index contributed by atoms with van der Waals surface area (Å²) in [6.45, 7) is 0.246. The number of aromatic nitrogens is 1. The van der Waals surface area contributed by atoms with Gasteiger partial charge in [-0.1, -0.05) is 12.1 Å². The molecule has 0 fully saturated rings. The minimum Gasteiger partial charge on any atom is -0.352 e. The molecular weight excluding hydrogens is 420 g/mol. The number of hydrogen-bond acceptors (Lipinski definition) is 7. The van der Waals surface area contributed by atoms with Crippen LogP contribution in [0.25, 0.3) is 0 Å². The molecule has 2 amide bonds. The third kappa shape index (κ3) is 5.45. The zero-order chi connectivity index (χ0) is 20.1. The van der Waals surface area contributed by atoms with E-state index in [1.165, 1.54) is 34.8 Å². The Morgan fingerprint density at radius 2 is 1.86 bits per heavy atom. The van der Waals surface area contributed by atoms with Gasteiger partial charge in [-0.3, -0.25) is 14.9 Å². The summed E-state index contributed by atoms with van der Waals surface area (Å²) in [7, 11) is -3.74. The molecule has 0 saturated carbocycles. The van der Waals surface area contributed by atoms with Gasteiger partial charge in [0.2, 0.25) is 15.9 Å². The highest BCUT2D eigenvalue weighted by molar-refractivity contribution is 7.89. The van der Waals surface area contributed by atoms with Crippen LogP contribution in [0.2, 0.25) is 0 Å². The van der Waals surface area contributed by atoms with Gasteiger partial charge in [-0.05, 0) is 29.1 Å². The van der Waals surface area contributed by atoms with E-state index in [1.54, 1.807) is 29.0 Å². The first-order valence-electron chi connectivity index (χ1n) is 7.97. The number of nitrogens with two attached hydrogens (primary N) is 1. The standard InChI is InChI=1S/C17H16N4O4S3/c18-28(24,25)14-3-1-11(2-4-14)8-19-15(22)7-13-10-27-17(20-13)21-16(23)12-5-6-26-9-12/h1-6,9-10H,7-8H2,(H,19,22)(H2,18,24,25)(H,20,21,23). The number of rotatable bonds is 7. The van der Waals surface area contributed by atoms with Crippen molar-refractivity contribution in [1.29, 1.82) is 0 Å². The van der Waals surface area contributed by atoms with Crippen molar-refractivity contribution in [2.45, 2.75) is 17.9 Å². The van der Waals surface area contributed by atoms with E-state index < -0.39 is 10.0 Å². The molecule has 0 spiro atoms. The Labute approximate surface area is 169 Å². The van der Waals surface area contributed by atoms with Crippen LogP contribution in [0.1, 0.15) is 21.6 Å². The summed E-state index contributed by atoms with van der Waals surface area (Å²) < 4.78 is 22.5. The summed E-state index contributed by atoms with van der Waals surface area (Å²) in [5, 5.41) is 16.2. The molecule has 4 N–H and O–H groups in total. The van der Waals surface area contributed by atoms with Crippen LogP contribution in [-0.2, 0) is 27.8 Å². The highest BCUT2D eigenvalue weighted by Gasteiger charge is 2.12. The van der Waals surface area contributed by atoms with Gasteiger partial charge in [-0.2, -0.15) is 11.3 Å². The fourth-order valence-electron chi connectivity index (χ4n) is 2.23. The third-order valence-corrected chi connectivity index (χ3v) is 6.06. The number of carbonyl (C=O) groups is 2. The summed E-state index contributed by atoms with van der Waals surface area (Å²) in [4.78, 5) is 28.3. The molecule has 0 aliphatic heterocycles. The van der Waals surface area contributed by atoms with E-state index in [1.807, 2.05) is 5.38 Å². The number of carbonyl (C=O) groups excluding carboxylic acids is 2. The zero-order valence-electron chi connectivity index (χ0n) is 14.4. The van der Waals surface area contributed by atoms with E-state index in [0.29, 0.717) is 16.4 Å². The van der Waals surface area contributed by atoms with Crippen molar-refractivity contribution in [3.8, 4) is 0 Å². The number of benzene rings is 1. The van der Waals surface area contributed by atoms with Gasteiger partial charge in [0, 0.05) is 17.3 Å². The molecule has 0 radical (unpaired) electrons. The molecule has 2 aromatic heterocycles. The maximum Gasteiger partial charge on any atom is 0.258 e. The van der Waals surface area contributed by atoms with Gasteiger partial charge in [0.25, 0.3) is 5.91 Å². The van der Waals surface area contributed by atoms with E-state index in [2.05, 4.69) is 15.6 Å². The van der Waals surface area contributed by atoms with Crippen molar-refractivity contribution in [2.24, 2.45) is 5.14 Å². The monoisotopic (exact) mass is 436 g/mol. The smallest absolute Gasteiger partial charge is 0.258 e. The molecule has 8 nitrogen and oxygen atoms in total. The first-order chi connectivity index (χ1) is 13.3. The lowest BCUT2D eigenvalue weighted by atomic mass is 10.2. The number of primary sulfonamides is 1. The molecule has 3 rings (SSSR count). The lowest BCUT2D eigenvalue weighted by molar-refractivity contribution is -0.120. The van der Waals surface area contributed by atoms with Crippen LogP contribution in [0, 0.1) is 0 Å². The molecule has 0 unspecified atom stereocenters. The highest BCUT2D eigenvalue weighted by Crippen LogP contribution is 2.18. The van der Waals surface area contributed by atoms with Crippen molar-refractivity contribution in [2.75, 3.05) is 5.32 Å². The fourth-order valence-corrected chi connectivity index (χ4v) is 4.09. The van der Waals surface area contributed by atoms with Crippen LogP contribution in [0.3, 0.4) is 0 Å². The number of thiophene rings is 1. The summed E-state index contributed by atoms with van der Waals surface area (Å²) in [5.74, 6) is -0.480. The van der Waals surface area contributed by atoms with Crippen LogP contribution in [0.15, 0.2) is 51.4 Å². The molecule has 0 saturated heterocycles. The van der Waals surface area contributed by atoms with Crippen LogP contribution < -0.4 is 15.8 Å².